The Kier molecular flexibility index (Phi) is 3.87. The number of anilines is 1. The molecule has 1 atom stereocenters. The number of hydrogen-bond acceptors (Lipinski definition) is 4. The molecule has 0 fully saturated rings. The van der Waals surface area contributed by atoms with Crippen LogP contribution in [-0.2, 0) is 17.4 Å². The largest absolute Gasteiger partial charge is 0.382 e. The maximum Gasteiger partial charge on any atom is 0.120 e. The molecule has 126 valence electrons. The van der Waals surface area contributed by atoms with Gasteiger partial charge in [-0.2, -0.15) is 16.6 Å². The second-order valence-corrected chi connectivity index (χ2v) is 7.14. The second-order valence-electron chi connectivity index (χ2n) is 6.36. The van der Waals surface area contributed by atoms with Gasteiger partial charge in [-0.1, -0.05) is 6.07 Å². The highest BCUT2D eigenvalue weighted by atomic mass is 32.1. The van der Waals surface area contributed by atoms with Gasteiger partial charge in [0.1, 0.15) is 17.4 Å². The Hall–Kier alpha value is -2.55. The highest BCUT2D eigenvalue weighted by Crippen LogP contribution is 2.41. The zero-order valence-corrected chi connectivity index (χ0v) is 15.1. The Morgan fingerprint density at radius 2 is 2.16 bits per heavy atom. The third-order valence-electron chi connectivity index (χ3n) is 4.95. The predicted molar refractivity (Wildman–Crippen MR) is 101 cm³/mol. The van der Waals surface area contributed by atoms with Crippen LogP contribution < -0.4 is 5.32 Å². The van der Waals surface area contributed by atoms with Crippen molar-refractivity contribution in [1.29, 1.82) is 5.26 Å². The number of nitrogens with one attached hydrogen (secondary N) is 1. The summed E-state index contributed by atoms with van der Waals surface area (Å²) in [4.78, 5) is 0. The van der Waals surface area contributed by atoms with Gasteiger partial charge in [-0.25, -0.2) is 0 Å². The van der Waals surface area contributed by atoms with Gasteiger partial charge in [-0.05, 0) is 59.1 Å². The first-order chi connectivity index (χ1) is 12.1. The van der Waals surface area contributed by atoms with Crippen molar-refractivity contribution < 1.29 is 4.74 Å². The van der Waals surface area contributed by atoms with Crippen LogP contribution in [0, 0.1) is 11.3 Å². The van der Waals surface area contributed by atoms with E-state index in [2.05, 4.69) is 53.3 Å². The lowest BCUT2D eigenvalue weighted by Gasteiger charge is -2.30. The van der Waals surface area contributed by atoms with Gasteiger partial charge in [0.25, 0.3) is 0 Å². The Bertz CT molecular complexity index is 952. The van der Waals surface area contributed by atoms with Gasteiger partial charge < -0.3 is 14.6 Å². The number of aromatic nitrogens is 1. The molecule has 0 amide bonds. The standard InChI is InChI=1S/C20H19N3OS/c1-20(15-7-10-25-13-15)17-11-14(3-5-18(17)22-8-9-24-20)19-6-4-16(12-21)23(19)2/h3-7,10-11,13,22H,8-9H2,1-2H3. The van der Waals surface area contributed by atoms with E-state index in [0.29, 0.717) is 12.3 Å². The number of rotatable bonds is 2. The first kappa shape index (κ1) is 15.9. The molecule has 0 radical (unpaired) electrons. The summed E-state index contributed by atoms with van der Waals surface area (Å²) in [5.41, 5.74) is 5.67. The van der Waals surface area contributed by atoms with E-state index in [4.69, 9.17) is 4.74 Å². The average molecular weight is 349 g/mol. The third-order valence-corrected chi connectivity index (χ3v) is 5.63. The van der Waals surface area contributed by atoms with Crippen molar-refractivity contribution in [1.82, 2.24) is 4.57 Å². The minimum Gasteiger partial charge on any atom is -0.382 e. The number of hydrogen-bond donors (Lipinski definition) is 1. The molecule has 4 nitrogen and oxygen atoms in total. The number of fused-ring (bicyclic) bond motifs is 1. The van der Waals surface area contributed by atoms with Gasteiger partial charge in [0.05, 0.1) is 6.61 Å². The predicted octanol–water partition coefficient (Wildman–Crippen LogP) is 4.33. The molecule has 5 heteroatoms. The van der Waals surface area contributed by atoms with Crippen molar-refractivity contribution in [3.63, 3.8) is 0 Å². The zero-order valence-electron chi connectivity index (χ0n) is 14.2. The molecule has 4 rings (SSSR count). The first-order valence-electron chi connectivity index (χ1n) is 8.25. The molecular weight excluding hydrogens is 330 g/mol. The summed E-state index contributed by atoms with van der Waals surface area (Å²) in [6.45, 7) is 3.57. The molecule has 1 aromatic carbocycles. The minimum atomic E-state index is -0.488. The molecule has 1 N–H and O–H groups in total. The number of nitrogens with zero attached hydrogens (tertiary/aromatic N) is 2. The zero-order chi connectivity index (χ0) is 17.4. The van der Waals surface area contributed by atoms with Gasteiger partial charge in [-0.15, -0.1) is 0 Å². The van der Waals surface area contributed by atoms with Gasteiger partial charge in [0.2, 0.25) is 0 Å². The van der Waals surface area contributed by atoms with E-state index in [9.17, 15) is 5.26 Å². The molecule has 25 heavy (non-hydrogen) atoms. The fourth-order valence-electron chi connectivity index (χ4n) is 3.46. The number of benzene rings is 1. The fraction of sp³-hybridized carbons (Fsp3) is 0.250. The Morgan fingerprint density at radius 3 is 2.88 bits per heavy atom. The van der Waals surface area contributed by atoms with E-state index in [1.165, 1.54) is 5.56 Å². The van der Waals surface area contributed by atoms with Crippen molar-refractivity contribution in [2.45, 2.75) is 12.5 Å². The van der Waals surface area contributed by atoms with Gasteiger partial charge in [0.15, 0.2) is 0 Å². The van der Waals surface area contributed by atoms with Crippen molar-refractivity contribution >= 4 is 17.0 Å². The third kappa shape index (κ3) is 2.55. The van der Waals surface area contributed by atoms with E-state index in [-0.39, 0.29) is 0 Å². The van der Waals surface area contributed by atoms with E-state index in [1.807, 2.05) is 23.7 Å². The minimum absolute atomic E-state index is 0.488. The van der Waals surface area contributed by atoms with Crippen LogP contribution in [0.15, 0.2) is 47.2 Å². The topological polar surface area (TPSA) is 50.0 Å². The number of nitriles is 1. The van der Waals surface area contributed by atoms with Crippen LogP contribution in [0.25, 0.3) is 11.3 Å². The highest BCUT2D eigenvalue weighted by Gasteiger charge is 2.34. The van der Waals surface area contributed by atoms with Crippen molar-refractivity contribution in [3.8, 4) is 17.3 Å². The summed E-state index contributed by atoms with van der Waals surface area (Å²) in [6.07, 6.45) is 0. The summed E-state index contributed by atoms with van der Waals surface area (Å²) in [5.74, 6) is 0. The van der Waals surface area contributed by atoms with Crippen LogP contribution in [-0.4, -0.2) is 17.7 Å². The van der Waals surface area contributed by atoms with E-state index >= 15 is 0 Å². The summed E-state index contributed by atoms with van der Waals surface area (Å²) in [6, 6.07) is 14.6. The van der Waals surface area contributed by atoms with E-state index < -0.39 is 5.60 Å². The molecular formula is C20H19N3OS. The van der Waals surface area contributed by atoms with Crippen LogP contribution in [0.4, 0.5) is 5.69 Å². The molecule has 3 aromatic rings. The molecule has 0 saturated heterocycles. The lowest BCUT2D eigenvalue weighted by atomic mass is 9.87. The fourth-order valence-corrected chi connectivity index (χ4v) is 4.21. The average Bonchev–Trinajstić information content (AvgIpc) is 3.25. The maximum absolute atomic E-state index is 9.22. The van der Waals surface area contributed by atoms with Crippen molar-refractivity contribution in [2.75, 3.05) is 18.5 Å². The molecule has 0 saturated carbocycles. The van der Waals surface area contributed by atoms with Crippen LogP contribution in [0.3, 0.4) is 0 Å². The lowest BCUT2D eigenvalue weighted by molar-refractivity contribution is 0.00615. The SMILES string of the molecule is Cn1c(C#N)ccc1-c1ccc2c(c1)C(C)(c1ccsc1)OCCN2. The molecule has 0 bridgehead atoms. The summed E-state index contributed by atoms with van der Waals surface area (Å²) >= 11 is 1.68. The summed E-state index contributed by atoms with van der Waals surface area (Å²) in [5, 5.41) is 16.9. The number of thiophene rings is 1. The Labute approximate surface area is 151 Å². The monoisotopic (exact) mass is 349 g/mol. The van der Waals surface area contributed by atoms with E-state index in [0.717, 1.165) is 29.1 Å². The highest BCUT2D eigenvalue weighted by molar-refractivity contribution is 7.08. The second kappa shape index (κ2) is 6.07. The quantitative estimate of drug-likeness (QED) is 0.749. The molecule has 1 aliphatic rings. The van der Waals surface area contributed by atoms with Gasteiger partial charge in [-0.3, -0.25) is 0 Å². The van der Waals surface area contributed by atoms with E-state index in [1.54, 1.807) is 11.3 Å². The molecule has 1 unspecified atom stereocenters. The number of ether oxygens (including phenoxy) is 1. The van der Waals surface area contributed by atoms with Crippen molar-refractivity contribution in [3.05, 3.63) is 64.0 Å². The maximum atomic E-state index is 9.22. The summed E-state index contributed by atoms with van der Waals surface area (Å²) < 4.78 is 8.22. The van der Waals surface area contributed by atoms with Gasteiger partial charge >= 0.3 is 0 Å². The Morgan fingerprint density at radius 1 is 1.28 bits per heavy atom. The molecule has 1 aliphatic heterocycles. The van der Waals surface area contributed by atoms with Crippen LogP contribution >= 0.6 is 11.3 Å². The lowest BCUT2D eigenvalue weighted by Crippen LogP contribution is -2.27. The molecule has 0 spiro atoms. The summed E-state index contributed by atoms with van der Waals surface area (Å²) in [7, 11) is 1.92. The van der Waals surface area contributed by atoms with Crippen LogP contribution in [0.2, 0.25) is 0 Å². The van der Waals surface area contributed by atoms with Gasteiger partial charge in [0, 0.05) is 30.5 Å². The smallest absolute Gasteiger partial charge is 0.120 e. The van der Waals surface area contributed by atoms with Crippen LogP contribution in [0.1, 0.15) is 23.7 Å². The van der Waals surface area contributed by atoms with Crippen LogP contribution in [0.5, 0.6) is 0 Å². The molecule has 0 aliphatic carbocycles. The molecule has 2 aromatic heterocycles. The molecule has 3 heterocycles. The first-order valence-corrected chi connectivity index (χ1v) is 9.19. The Balaban J connectivity index is 1.89. The normalized spacial score (nSPS) is 19.6. The van der Waals surface area contributed by atoms with Crippen molar-refractivity contribution in [2.24, 2.45) is 7.05 Å².